The minimum atomic E-state index is 0.485. The Morgan fingerprint density at radius 2 is 2.22 bits per heavy atom. The van der Waals surface area contributed by atoms with Crippen molar-refractivity contribution < 1.29 is 4.74 Å². The zero-order valence-electron chi connectivity index (χ0n) is 13.6. The smallest absolute Gasteiger partial charge is 0.188 e. The Bertz CT molecular complexity index is 596. The van der Waals surface area contributed by atoms with Crippen LogP contribution in [0.15, 0.2) is 46.8 Å². The minimum Gasteiger partial charge on any atom is -0.494 e. The van der Waals surface area contributed by atoms with Gasteiger partial charge in [-0.05, 0) is 42.0 Å². The molecule has 2 rings (SSSR count). The van der Waals surface area contributed by atoms with Crippen molar-refractivity contribution in [2.24, 2.45) is 10.7 Å². The first-order valence-corrected chi connectivity index (χ1v) is 8.94. The van der Waals surface area contributed by atoms with E-state index in [9.17, 15) is 0 Å². The predicted molar refractivity (Wildman–Crippen MR) is 98.2 cm³/mol. The van der Waals surface area contributed by atoms with E-state index >= 15 is 0 Å². The van der Waals surface area contributed by atoms with Crippen LogP contribution in [0.5, 0.6) is 5.75 Å². The molecule has 0 spiro atoms. The number of nitrogens with two attached hydrogens (primary N) is 1. The van der Waals surface area contributed by atoms with Gasteiger partial charge in [0.15, 0.2) is 5.96 Å². The van der Waals surface area contributed by atoms with Gasteiger partial charge in [0, 0.05) is 11.4 Å². The van der Waals surface area contributed by atoms with Crippen LogP contribution in [0.25, 0.3) is 0 Å². The minimum absolute atomic E-state index is 0.485. The molecule has 23 heavy (non-hydrogen) atoms. The highest BCUT2D eigenvalue weighted by atomic mass is 32.1. The number of nitrogens with zero attached hydrogens (tertiary/aromatic N) is 1. The maximum absolute atomic E-state index is 5.91. The molecule has 5 heteroatoms. The van der Waals surface area contributed by atoms with Gasteiger partial charge < -0.3 is 15.8 Å². The standard InChI is InChI=1S/C18H25N3OS/c1-2-3-11-22-16-7-4-6-15(13-16)14-21-18(19)20-10-9-17-8-5-12-23-17/h4-8,12-13H,2-3,9-11,14H2,1H3,(H3,19,20,21). The number of benzene rings is 1. The lowest BCUT2D eigenvalue weighted by molar-refractivity contribution is 0.309. The Hall–Kier alpha value is -2.01. The second kappa shape index (κ2) is 9.90. The summed E-state index contributed by atoms with van der Waals surface area (Å²) in [6, 6.07) is 12.2. The van der Waals surface area contributed by atoms with Crippen molar-refractivity contribution in [1.29, 1.82) is 0 Å². The van der Waals surface area contributed by atoms with Gasteiger partial charge in [-0.2, -0.15) is 0 Å². The van der Waals surface area contributed by atoms with Crippen molar-refractivity contribution in [3.05, 3.63) is 52.2 Å². The maximum atomic E-state index is 5.91. The normalized spacial score (nSPS) is 11.4. The average molecular weight is 331 g/mol. The van der Waals surface area contributed by atoms with E-state index in [4.69, 9.17) is 10.5 Å². The highest BCUT2D eigenvalue weighted by Crippen LogP contribution is 2.14. The van der Waals surface area contributed by atoms with Gasteiger partial charge in [-0.1, -0.05) is 31.5 Å². The number of thiophene rings is 1. The largest absolute Gasteiger partial charge is 0.494 e. The number of nitrogens with one attached hydrogen (secondary N) is 1. The lowest BCUT2D eigenvalue weighted by atomic mass is 10.2. The van der Waals surface area contributed by atoms with Crippen LogP contribution in [0, 0.1) is 0 Å². The Morgan fingerprint density at radius 3 is 3.00 bits per heavy atom. The van der Waals surface area contributed by atoms with E-state index in [0.29, 0.717) is 12.5 Å². The summed E-state index contributed by atoms with van der Waals surface area (Å²) < 4.78 is 5.71. The highest BCUT2D eigenvalue weighted by molar-refractivity contribution is 7.09. The highest BCUT2D eigenvalue weighted by Gasteiger charge is 1.98. The second-order valence-electron chi connectivity index (χ2n) is 5.31. The molecule has 0 fully saturated rings. The first-order valence-electron chi connectivity index (χ1n) is 8.06. The molecule has 124 valence electrons. The van der Waals surface area contributed by atoms with Crippen molar-refractivity contribution in [3.63, 3.8) is 0 Å². The molecule has 0 unspecified atom stereocenters. The molecule has 4 nitrogen and oxygen atoms in total. The van der Waals surface area contributed by atoms with Crippen LogP contribution in [0.3, 0.4) is 0 Å². The zero-order valence-corrected chi connectivity index (χ0v) is 14.4. The van der Waals surface area contributed by atoms with Gasteiger partial charge in [0.25, 0.3) is 0 Å². The fraction of sp³-hybridized carbons (Fsp3) is 0.389. The third-order valence-corrected chi connectivity index (χ3v) is 4.29. The van der Waals surface area contributed by atoms with Crippen molar-refractivity contribution in [2.75, 3.05) is 13.2 Å². The molecule has 1 aromatic heterocycles. The number of unbranched alkanes of at least 4 members (excludes halogenated alkanes) is 1. The second-order valence-corrected chi connectivity index (χ2v) is 6.34. The van der Waals surface area contributed by atoms with Crippen LogP contribution in [0.2, 0.25) is 0 Å². The van der Waals surface area contributed by atoms with Crippen molar-refractivity contribution >= 4 is 17.3 Å². The number of ether oxygens (including phenoxy) is 1. The molecule has 0 aliphatic rings. The molecular formula is C18H25N3OS. The van der Waals surface area contributed by atoms with Crippen LogP contribution in [-0.4, -0.2) is 19.1 Å². The summed E-state index contributed by atoms with van der Waals surface area (Å²) in [6.45, 7) is 4.27. The Balaban J connectivity index is 1.75. The SMILES string of the molecule is CCCCOc1cccc(CN=C(N)NCCc2cccs2)c1. The molecule has 2 aromatic rings. The third-order valence-electron chi connectivity index (χ3n) is 3.35. The molecule has 1 aromatic carbocycles. The van der Waals surface area contributed by atoms with Crippen molar-refractivity contribution in [1.82, 2.24) is 5.32 Å². The Labute approximate surface area is 142 Å². The van der Waals surface area contributed by atoms with E-state index in [0.717, 1.165) is 43.7 Å². The van der Waals surface area contributed by atoms with E-state index in [1.54, 1.807) is 11.3 Å². The molecule has 0 bridgehead atoms. The van der Waals surface area contributed by atoms with Crippen LogP contribution in [0.4, 0.5) is 0 Å². The van der Waals surface area contributed by atoms with Gasteiger partial charge in [-0.15, -0.1) is 11.3 Å². The monoisotopic (exact) mass is 331 g/mol. The van der Waals surface area contributed by atoms with Crippen LogP contribution >= 0.6 is 11.3 Å². The topological polar surface area (TPSA) is 59.6 Å². The number of aliphatic imine (C=N–C) groups is 1. The van der Waals surface area contributed by atoms with Gasteiger partial charge >= 0.3 is 0 Å². The number of hydrogen-bond donors (Lipinski definition) is 2. The van der Waals surface area contributed by atoms with Crippen molar-refractivity contribution in [3.8, 4) is 5.75 Å². The van der Waals surface area contributed by atoms with E-state index < -0.39 is 0 Å². The quantitative estimate of drug-likeness (QED) is 0.419. The summed E-state index contributed by atoms with van der Waals surface area (Å²) >= 11 is 1.76. The van der Waals surface area contributed by atoms with Crippen LogP contribution in [-0.2, 0) is 13.0 Å². The Morgan fingerprint density at radius 1 is 1.30 bits per heavy atom. The van der Waals surface area contributed by atoms with E-state index in [-0.39, 0.29) is 0 Å². The van der Waals surface area contributed by atoms with Gasteiger partial charge in [0.1, 0.15) is 5.75 Å². The summed E-state index contributed by atoms with van der Waals surface area (Å²) in [5, 5.41) is 5.24. The summed E-state index contributed by atoms with van der Waals surface area (Å²) in [5.41, 5.74) is 7.01. The average Bonchev–Trinajstić information content (AvgIpc) is 3.07. The summed E-state index contributed by atoms with van der Waals surface area (Å²) in [7, 11) is 0. The lowest BCUT2D eigenvalue weighted by Gasteiger charge is -2.07. The molecule has 0 amide bonds. The summed E-state index contributed by atoms with van der Waals surface area (Å²) in [4.78, 5) is 5.73. The molecule has 1 heterocycles. The molecule has 0 atom stereocenters. The molecular weight excluding hydrogens is 306 g/mol. The molecule has 0 aliphatic carbocycles. The number of hydrogen-bond acceptors (Lipinski definition) is 3. The van der Waals surface area contributed by atoms with Gasteiger partial charge in [0.2, 0.25) is 0 Å². The first-order chi connectivity index (χ1) is 11.3. The zero-order chi connectivity index (χ0) is 16.3. The van der Waals surface area contributed by atoms with Gasteiger partial charge in [-0.3, -0.25) is 0 Å². The van der Waals surface area contributed by atoms with E-state index in [1.807, 2.05) is 24.3 Å². The van der Waals surface area contributed by atoms with Gasteiger partial charge in [0.05, 0.1) is 13.2 Å². The molecule has 0 saturated heterocycles. The maximum Gasteiger partial charge on any atom is 0.188 e. The van der Waals surface area contributed by atoms with Crippen LogP contribution in [0.1, 0.15) is 30.2 Å². The third kappa shape index (κ3) is 6.74. The van der Waals surface area contributed by atoms with Crippen LogP contribution < -0.4 is 15.8 Å². The summed E-state index contributed by atoms with van der Waals surface area (Å²) in [6.07, 6.45) is 3.18. The molecule has 3 N–H and O–H groups in total. The van der Waals surface area contributed by atoms with E-state index in [2.05, 4.69) is 34.7 Å². The Kier molecular flexibility index (Phi) is 7.46. The van der Waals surface area contributed by atoms with Gasteiger partial charge in [-0.25, -0.2) is 4.99 Å². The first kappa shape index (κ1) is 17.3. The molecule has 0 saturated carbocycles. The molecule has 0 radical (unpaired) electrons. The number of rotatable bonds is 9. The van der Waals surface area contributed by atoms with Crippen molar-refractivity contribution in [2.45, 2.75) is 32.7 Å². The lowest BCUT2D eigenvalue weighted by Crippen LogP contribution is -2.33. The van der Waals surface area contributed by atoms with E-state index in [1.165, 1.54) is 4.88 Å². The molecule has 0 aliphatic heterocycles. The predicted octanol–water partition coefficient (Wildman–Crippen LogP) is 3.57. The summed E-state index contributed by atoms with van der Waals surface area (Å²) in [5.74, 6) is 1.38. The number of guanidine groups is 1. The fourth-order valence-corrected chi connectivity index (χ4v) is 2.78. The fourth-order valence-electron chi connectivity index (χ4n) is 2.07.